The number of hydrazine groups is 1. The van der Waals surface area contributed by atoms with E-state index in [4.69, 9.17) is 5.84 Å². The summed E-state index contributed by atoms with van der Waals surface area (Å²) in [5.74, 6) is 7.30. The summed E-state index contributed by atoms with van der Waals surface area (Å²) < 4.78 is 1.93. The second kappa shape index (κ2) is 5.94. The van der Waals surface area contributed by atoms with Crippen molar-refractivity contribution >= 4 is 5.52 Å². The zero-order valence-electron chi connectivity index (χ0n) is 12.1. The van der Waals surface area contributed by atoms with Crippen LogP contribution in [0.25, 0.3) is 5.52 Å². The first-order chi connectivity index (χ1) is 9.85. The Morgan fingerprint density at radius 1 is 1.40 bits per heavy atom. The Morgan fingerprint density at radius 2 is 2.25 bits per heavy atom. The van der Waals surface area contributed by atoms with Crippen LogP contribution in [0.15, 0.2) is 30.6 Å². The smallest absolute Gasteiger partial charge is 0.0710 e. The third-order valence-electron chi connectivity index (χ3n) is 4.89. The van der Waals surface area contributed by atoms with Crippen molar-refractivity contribution in [3.8, 4) is 0 Å². The van der Waals surface area contributed by atoms with E-state index >= 15 is 0 Å². The van der Waals surface area contributed by atoms with Crippen molar-refractivity contribution in [3.05, 3.63) is 36.2 Å². The molecule has 108 valence electrons. The van der Waals surface area contributed by atoms with Crippen LogP contribution < -0.4 is 11.3 Å². The first-order valence-electron chi connectivity index (χ1n) is 7.73. The normalized spacial score (nSPS) is 24.9. The van der Waals surface area contributed by atoms with Gasteiger partial charge >= 0.3 is 0 Å². The van der Waals surface area contributed by atoms with Gasteiger partial charge in [0.05, 0.1) is 17.8 Å². The molecule has 0 aliphatic heterocycles. The number of nitrogens with two attached hydrogens (primary N) is 1. The highest BCUT2D eigenvalue weighted by Gasteiger charge is 2.32. The Bertz CT molecular complexity index is 562. The lowest BCUT2D eigenvalue weighted by atomic mass is 9.72. The predicted molar refractivity (Wildman–Crippen MR) is 81.0 cm³/mol. The molecule has 0 bridgehead atoms. The zero-order valence-corrected chi connectivity index (χ0v) is 12.1. The molecular weight excluding hydrogens is 248 g/mol. The minimum Gasteiger partial charge on any atom is -0.271 e. The number of fused-ring (bicyclic) bond motifs is 1. The Labute approximate surface area is 120 Å². The standard InChI is InChI=1S/C16H24N4/c1-2-12-7-3-4-8-13(12)16(19-17)14-11-18-20-10-6-5-9-15(14)20/h5-6,9-13,16,19H,2-4,7-8,17H2,1H3. The Kier molecular flexibility index (Phi) is 4.03. The number of aromatic nitrogens is 2. The molecule has 1 aliphatic rings. The quantitative estimate of drug-likeness (QED) is 0.664. The molecule has 1 aliphatic carbocycles. The van der Waals surface area contributed by atoms with Crippen molar-refractivity contribution in [3.63, 3.8) is 0 Å². The molecule has 2 heterocycles. The van der Waals surface area contributed by atoms with Crippen molar-refractivity contribution in [1.29, 1.82) is 0 Å². The lowest BCUT2D eigenvalue weighted by molar-refractivity contribution is 0.176. The molecule has 2 aromatic heterocycles. The summed E-state index contributed by atoms with van der Waals surface area (Å²) in [5.41, 5.74) is 5.47. The summed E-state index contributed by atoms with van der Waals surface area (Å²) in [4.78, 5) is 0. The van der Waals surface area contributed by atoms with E-state index < -0.39 is 0 Å². The second-order valence-electron chi connectivity index (χ2n) is 5.89. The van der Waals surface area contributed by atoms with Crippen LogP contribution in [0.4, 0.5) is 0 Å². The number of pyridine rings is 1. The fraction of sp³-hybridized carbons (Fsp3) is 0.562. The lowest BCUT2D eigenvalue weighted by Gasteiger charge is -2.36. The molecule has 0 radical (unpaired) electrons. The van der Waals surface area contributed by atoms with Crippen LogP contribution in [0.5, 0.6) is 0 Å². The average Bonchev–Trinajstić information content (AvgIpc) is 2.93. The third kappa shape index (κ3) is 2.34. The van der Waals surface area contributed by atoms with Gasteiger partial charge in [-0.15, -0.1) is 0 Å². The molecule has 1 fully saturated rings. The zero-order chi connectivity index (χ0) is 13.9. The van der Waals surface area contributed by atoms with Gasteiger partial charge < -0.3 is 0 Å². The number of nitrogens with one attached hydrogen (secondary N) is 1. The van der Waals surface area contributed by atoms with E-state index in [0.29, 0.717) is 5.92 Å². The van der Waals surface area contributed by atoms with Crippen molar-refractivity contribution in [2.75, 3.05) is 0 Å². The highest BCUT2D eigenvalue weighted by atomic mass is 15.3. The summed E-state index contributed by atoms with van der Waals surface area (Å²) >= 11 is 0. The van der Waals surface area contributed by atoms with Gasteiger partial charge in [0.1, 0.15) is 0 Å². The highest BCUT2D eigenvalue weighted by Crippen LogP contribution is 2.40. The van der Waals surface area contributed by atoms with Crippen LogP contribution in [-0.2, 0) is 0 Å². The van der Waals surface area contributed by atoms with Gasteiger partial charge in [0.15, 0.2) is 0 Å². The van der Waals surface area contributed by atoms with Crippen molar-refractivity contribution in [2.24, 2.45) is 17.7 Å². The summed E-state index contributed by atoms with van der Waals surface area (Å²) in [6.45, 7) is 2.30. The average molecular weight is 272 g/mol. The van der Waals surface area contributed by atoms with E-state index in [1.54, 1.807) is 0 Å². The van der Waals surface area contributed by atoms with Gasteiger partial charge in [-0.3, -0.25) is 11.3 Å². The first kappa shape index (κ1) is 13.6. The molecule has 3 rings (SSSR count). The molecular formula is C16H24N4. The molecule has 3 N–H and O–H groups in total. The minimum atomic E-state index is 0.208. The largest absolute Gasteiger partial charge is 0.271 e. The van der Waals surface area contributed by atoms with Gasteiger partial charge in [-0.1, -0.05) is 38.7 Å². The summed E-state index contributed by atoms with van der Waals surface area (Å²) in [6.07, 6.45) is 10.5. The Hall–Kier alpha value is -1.39. The molecule has 0 spiro atoms. The van der Waals surface area contributed by atoms with Crippen LogP contribution in [-0.4, -0.2) is 9.61 Å². The van der Waals surface area contributed by atoms with E-state index in [1.807, 2.05) is 23.0 Å². The fourth-order valence-electron chi connectivity index (χ4n) is 3.82. The van der Waals surface area contributed by atoms with Crippen LogP contribution in [0.1, 0.15) is 50.6 Å². The molecule has 20 heavy (non-hydrogen) atoms. The van der Waals surface area contributed by atoms with E-state index in [-0.39, 0.29) is 6.04 Å². The van der Waals surface area contributed by atoms with Crippen LogP contribution >= 0.6 is 0 Å². The number of hydrogen-bond acceptors (Lipinski definition) is 3. The molecule has 4 nitrogen and oxygen atoms in total. The number of nitrogens with zero attached hydrogens (tertiary/aromatic N) is 2. The van der Waals surface area contributed by atoms with E-state index in [2.05, 4.69) is 29.6 Å². The fourth-order valence-corrected chi connectivity index (χ4v) is 3.82. The van der Waals surface area contributed by atoms with Crippen molar-refractivity contribution in [2.45, 2.75) is 45.1 Å². The van der Waals surface area contributed by atoms with E-state index in [1.165, 1.54) is 37.7 Å². The first-order valence-corrected chi connectivity index (χ1v) is 7.73. The van der Waals surface area contributed by atoms with Crippen molar-refractivity contribution < 1.29 is 0 Å². The maximum atomic E-state index is 5.92. The minimum absolute atomic E-state index is 0.208. The molecule has 4 heteroatoms. The third-order valence-corrected chi connectivity index (χ3v) is 4.89. The monoisotopic (exact) mass is 272 g/mol. The molecule has 3 atom stereocenters. The molecule has 2 aromatic rings. The summed E-state index contributed by atoms with van der Waals surface area (Å²) in [7, 11) is 0. The maximum absolute atomic E-state index is 5.92. The topological polar surface area (TPSA) is 55.3 Å². The molecule has 0 saturated heterocycles. The van der Waals surface area contributed by atoms with Crippen LogP contribution in [0.3, 0.4) is 0 Å². The predicted octanol–water partition coefficient (Wildman–Crippen LogP) is 3.06. The lowest BCUT2D eigenvalue weighted by Crippen LogP contribution is -2.38. The van der Waals surface area contributed by atoms with Crippen LogP contribution in [0.2, 0.25) is 0 Å². The summed E-state index contributed by atoms with van der Waals surface area (Å²) in [6, 6.07) is 6.40. The Morgan fingerprint density at radius 3 is 3.05 bits per heavy atom. The molecule has 1 saturated carbocycles. The SMILES string of the molecule is CCC1CCCCC1C(NN)c1cnn2ccccc12. The van der Waals surface area contributed by atoms with Crippen molar-refractivity contribution in [1.82, 2.24) is 15.0 Å². The van der Waals surface area contributed by atoms with Gasteiger partial charge in [-0.25, -0.2) is 4.52 Å². The number of hydrogen-bond donors (Lipinski definition) is 2. The van der Waals surface area contributed by atoms with Gasteiger partial charge in [0.2, 0.25) is 0 Å². The maximum Gasteiger partial charge on any atom is 0.0710 e. The van der Waals surface area contributed by atoms with Gasteiger partial charge in [-0.2, -0.15) is 5.10 Å². The van der Waals surface area contributed by atoms with Gasteiger partial charge in [0, 0.05) is 11.8 Å². The summed E-state index contributed by atoms with van der Waals surface area (Å²) in [5, 5.41) is 4.45. The van der Waals surface area contributed by atoms with Gasteiger partial charge in [-0.05, 0) is 30.4 Å². The van der Waals surface area contributed by atoms with E-state index in [0.717, 1.165) is 11.4 Å². The van der Waals surface area contributed by atoms with Gasteiger partial charge in [0.25, 0.3) is 0 Å². The van der Waals surface area contributed by atoms with Crippen LogP contribution in [0, 0.1) is 11.8 Å². The highest BCUT2D eigenvalue weighted by molar-refractivity contribution is 5.55. The van der Waals surface area contributed by atoms with E-state index in [9.17, 15) is 0 Å². The molecule has 0 aromatic carbocycles. The number of rotatable bonds is 4. The Balaban J connectivity index is 1.96. The molecule has 0 amide bonds. The second-order valence-corrected chi connectivity index (χ2v) is 5.89. The molecule has 3 unspecified atom stereocenters.